The van der Waals surface area contributed by atoms with Crippen LogP contribution in [0.15, 0.2) is 16.6 Å². The largest absolute Gasteiger partial charge is 0.398 e. The summed E-state index contributed by atoms with van der Waals surface area (Å²) in [7, 11) is 0. The van der Waals surface area contributed by atoms with Crippen molar-refractivity contribution in [1.29, 1.82) is 0 Å². The van der Waals surface area contributed by atoms with E-state index in [9.17, 15) is 0 Å². The maximum Gasteiger partial charge on any atom is 0.0870 e. The third-order valence-corrected chi connectivity index (χ3v) is 4.36. The maximum atomic E-state index is 6.23. The van der Waals surface area contributed by atoms with E-state index >= 15 is 0 Å². The summed E-state index contributed by atoms with van der Waals surface area (Å²) in [5.41, 5.74) is 11.8. The standard InChI is InChI=1S/C13H13BrN2/c1-7-5-6-9-12(15)8-3-2-4-10(8)16-13(9)11(7)14/h5-6H,2-4H2,1H3,(H2,15,16). The minimum absolute atomic E-state index is 0.929. The maximum absolute atomic E-state index is 6.23. The third-order valence-electron chi connectivity index (χ3n) is 3.36. The van der Waals surface area contributed by atoms with Gasteiger partial charge in [-0.3, -0.25) is 4.98 Å². The van der Waals surface area contributed by atoms with Gasteiger partial charge in [0.2, 0.25) is 0 Å². The number of pyridine rings is 1. The molecule has 2 aromatic rings. The van der Waals surface area contributed by atoms with Crippen molar-refractivity contribution in [2.45, 2.75) is 26.2 Å². The van der Waals surface area contributed by atoms with E-state index in [0.29, 0.717) is 0 Å². The van der Waals surface area contributed by atoms with Gasteiger partial charge in [0.15, 0.2) is 0 Å². The zero-order chi connectivity index (χ0) is 11.3. The van der Waals surface area contributed by atoms with Gasteiger partial charge >= 0.3 is 0 Å². The van der Waals surface area contributed by atoms with Crippen LogP contribution >= 0.6 is 15.9 Å². The van der Waals surface area contributed by atoms with Crippen LogP contribution in [0.4, 0.5) is 5.69 Å². The molecule has 2 nitrogen and oxygen atoms in total. The highest BCUT2D eigenvalue weighted by molar-refractivity contribution is 9.10. The molecule has 2 N–H and O–H groups in total. The number of rotatable bonds is 0. The lowest BCUT2D eigenvalue weighted by Gasteiger charge is -2.10. The second-order valence-electron chi connectivity index (χ2n) is 4.40. The SMILES string of the molecule is Cc1ccc2c(N)c3c(nc2c1Br)CCC3. The Kier molecular flexibility index (Phi) is 2.18. The highest BCUT2D eigenvalue weighted by atomic mass is 79.9. The van der Waals surface area contributed by atoms with Gasteiger partial charge < -0.3 is 5.73 Å². The molecule has 0 bridgehead atoms. The van der Waals surface area contributed by atoms with Gasteiger partial charge in [0.05, 0.1) is 5.52 Å². The number of nitrogen functional groups attached to an aromatic ring is 1. The van der Waals surface area contributed by atoms with Crippen LogP contribution in [-0.4, -0.2) is 4.98 Å². The summed E-state index contributed by atoms with van der Waals surface area (Å²) in [4.78, 5) is 4.75. The molecule has 1 aliphatic rings. The van der Waals surface area contributed by atoms with Gasteiger partial charge in [0, 0.05) is 21.2 Å². The van der Waals surface area contributed by atoms with Crippen LogP contribution in [0.5, 0.6) is 0 Å². The number of aromatic nitrogens is 1. The van der Waals surface area contributed by atoms with E-state index in [1.807, 2.05) is 0 Å². The minimum Gasteiger partial charge on any atom is -0.398 e. The van der Waals surface area contributed by atoms with E-state index in [-0.39, 0.29) is 0 Å². The van der Waals surface area contributed by atoms with Crippen LogP contribution in [0.25, 0.3) is 10.9 Å². The number of nitrogens with zero attached hydrogens (tertiary/aromatic N) is 1. The molecule has 1 aromatic heterocycles. The zero-order valence-electron chi connectivity index (χ0n) is 9.18. The lowest BCUT2D eigenvalue weighted by atomic mass is 10.1. The van der Waals surface area contributed by atoms with Gasteiger partial charge in [-0.1, -0.05) is 12.1 Å². The number of aryl methyl sites for hydroxylation is 2. The molecule has 0 unspecified atom stereocenters. The molecule has 1 aromatic carbocycles. The number of halogens is 1. The Morgan fingerprint density at radius 3 is 2.94 bits per heavy atom. The van der Waals surface area contributed by atoms with E-state index < -0.39 is 0 Å². The van der Waals surface area contributed by atoms with Crippen molar-refractivity contribution in [2.24, 2.45) is 0 Å². The summed E-state index contributed by atoms with van der Waals surface area (Å²) in [5, 5.41) is 1.08. The van der Waals surface area contributed by atoms with Crippen molar-refractivity contribution in [3.63, 3.8) is 0 Å². The molecule has 3 rings (SSSR count). The molecule has 0 radical (unpaired) electrons. The number of nitrogens with two attached hydrogens (primary N) is 1. The first kappa shape index (κ1) is 10.1. The van der Waals surface area contributed by atoms with Gasteiger partial charge in [0.25, 0.3) is 0 Å². The van der Waals surface area contributed by atoms with E-state index in [2.05, 4.69) is 35.0 Å². The van der Waals surface area contributed by atoms with Gasteiger partial charge in [-0.25, -0.2) is 0 Å². The number of hydrogen-bond donors (Lipinski definition) is 1. The molecule has 0 fully saturated rings. The smallest absolute Gasteiger partial charge is 0.0870 e. The second-order valence-corrected chi connectivity index (χ2v) is 5.19. The molecule has 0 saturated carbocycles. The van der Waals surface area contributed by atoms with Crippen molar-refractivity contribution in [3.05, 3.63) is 33.4 Å². The minimum atomic E-state index is 0.929. The van der Waals surface area contributed by atoms with Gasteiger partial charge in [0.1, 0.15) is 0 Å². The Hall–Kier alpha value is -1.09. The fraction of sp³-hybridized carbons (Fsp3) is 0.308. The highest BCUT2D eigenvalue weighted by Crippen LogP contribution is 2.35. The fourth-order valence-electron chi connectivity index (χ4n) is 2.43. The van der Waals surface area contributed by atoms with Gasteiger partial charge in [-0.15, -0.1) is 0 Å². The number of hydrogen-bond acceptors (Lipinski definition) is 2. The molecular weight excluding hydrogens is 264 g/mol. The first-order chi connectivity index (χ1) is 7.68. The molecule has 1 heterocycles. The van der Waals surface area contributed by atoms with Crippen molar-refractivity contribution in [2.75, 3.05) is 5.73 Å². The molecule has 0 amide bonds. The van der Waals surface area contributed by atoms with Crippen molar-refractivity contribution in [3.8, 4) is 0 Å². The molecule has 82 valence electrons. The van der Waals surface area contributed by atoms with E-state index in [1.165, 1.54) is 23.2 Å². The average molecular weight is 277 g/mol. The lowest BCUT2D eigenvalue weighted by Crippen LogP contribution is -1.99. The summed E-state index contributed by atoms with van der Waals surface area (Å²) in [6.45, 7) is 2.08. The predicted octanol–water partition coefficient (Wildman–Crippen LogP) is 3.38. The van der Waals surface area contributed by atoms with Crippen LogP contribution in [0.2, 0.25) is 0 Å². The first-order valence-corrected chi connectivity index (χ1v) is 6.34. The Bertz CT molecular complexity index is 590. The molecule has 0 aliphatic heterocycles. The van der Waals surface area contributed by atoms with Crippen molar-refractivity contribution in [1.82, 2.24) is 4.98 Å². The molecule has 0 spiro atoms. The van der Waals surface area contributed by atoms with Crippen LogP contribution in [0, 0.1) is 6.92 Å². The predicted molar refractivity (Wildman–Crippen MR) is 70.6 cm³/mol. The number of anilines is 1. The molecule has 16 heavy (non-hydrogen) atoms. The monoisotopic (exact) mass is 276 g/mol. The number of fused-ring (bicyclic) bond motifs is 2. The molecule has 0 saturated heterocycles. The summed E-state index contributed by atoms with van der Waals surface area (Å²) >= 11 is 3.61. The van der Waals surface area contributed by atoms with Crippen LogP contribution in [0.3, 0.4) is 0 Å². The summed E-state index contributed by atoms with van der Waals surface area (Å²) in [5.74, 6) is 0. The Morgan fingerprint density at radius 2 is 2.12 bits per heavy atom. The first-order valence-electron chi connectivity index (χ1n) is 5.54. The summed E-state index contributed by atoms with van der Waals surface area (Å²) in [6, 6.07) is 4.17. The van der Waals surface area contributed by atoms with Crippen LogP contribution in [0.1, 0.15) is 23.2 Å². The molecule has 3 heteroatoms. The summed E-state index contributed by atoms with van der Waals surface area (Å²) < 4.78 is 1.08. The Balaban J connectivity index is 2.46. The van der Waals surface area contributed by atoms with E-state index in [4.69, 9.17) is 10.7 Å². The third kappa shape index (κ3) is 1.27. The fourth-order valence-corrected chi connectivity index (χ4v) is 2.87. The van der Waals surface area contributed by atoms with E-state index in [0.717, 1.165) is 33.9 Å². The topological polar surface area (TPSA) is 38.9 Å². The van der Waals surface area contributed by atoms with Crippen molar-refractivity contribution < 1.29 is 0 Å². The zero-order valence-corrected chi connectivity index (χ0v) is 10.8. The Morgan fingerprint density at radius 1 is 1.31 bits per heavy atom. The lowest BCUT2D eigenvalue weighted by molar-refractivity contribution is 0.901. The van der Waals surface area contributed by atoms with Crippen LogP contribution in [-0.2, 0) is 12.8 Å². The van der Waals surface area contributed by atoms with Crippen molar-refractivity contribution >= 4 is 32.5 Å². The summed E-state index contributed by atoms with van der Waals surface area (Å²) in [6.07, 6.45) is 3.32. The normalized spacial score (nSPS) is 14.4. The quantitative estimate of drug-likeness (QED) is 0.801. The molecule has 1 aliphatic carbocycles. The Labute approximate surface area is 103 Å². The van der Waals surface area contributed by atoms with Crippen LogP contribution < -0.4 is 5.73 Å². The average Bonchev–Trinajstić information content (AvgIpc) is 2.73. The highest BCUT2D eigenvalue weighted by Gasteiger charge is 2.19. The van der Waals surface area contributed by atoms with Gasteiger partial charge in [-0.05, 0) is 53.2 Å². The molecule has 0 atom stereocenters. The van der Waals surface area contributed by atoms with E-state index in [1.54, 1.807) is 0 Å². The second kappa shape index (κ2) is 3.45. The number of benzene rings is 1. The van der Waals surface area contributed by atoms with Gasteiger partial charge in [-0.2, -0.15) is 0 Å². The molecular formula is C13H13BrN2.